The summed E-state index contributed by atoms with van der Waals surface area (Å²) >= 11 is 0. The lowest BCUT2D eigenvalue weighted by Crippen LogP contribution is -2.47. The zero-order chi connectivity index (χ0) is 30.7. The fraction of sp³-hybridized carbons (Fsp3) is 0.469. The molecule has 2 saturated heterocycles. The number of carbonyl (C=O) groups is 1. The van der Waals surface area contributed by atoms with Crippen molar-refractivity contribution in [3.8, 4) is 17.0 Å². The van der Waals surface area contributed by atoms with Crippen molar-refractivity contribution in [1.29, 1.82) is 0 Å². The SMILES string of the molecule is COc1ccc(-c2ccnc(Nc3ccc(N4CCOCC4)c(CN4CCN(CC(=O)O)CC4)c3)n2)cc1CNCCCN. The Kier molecular flexibility index (Phi) is 11.3. The lowest BCUT2D eigenvalue weighted by molar-refractivity contribution is -0.138. The fourth-order valence-corrected chi connectivity index (χ4v) is 5.68. The molecule has 5 N–H and O–H groups in total. The van der Waals surface area contributed by atoms with Gasteiger partial charge in [-0.1, -0.05) is 0 Å². The van der Waals surface area contributed by atoms with E-state index in [1.807, 2.05) is 23.1 Å². The Morgan fingerprint density at radius 1 is 1.02 bits per heavy atom. The highest BCUT2D eigenvalue weighted by Gasteiger charge is 2.22. The summed E-state index contributed by atoms with van der Waals surface area (Å²) in [6.07, 6.45) is 2.69. The van der Waals surface area contributed by atoms with Crippen LogP contribution in [0, 0.1) is 0 Å². The summed E-state index contributed by atoms with van der Waals surface area (Å²) in [4.78, 5) is 27.3. The van der Waals surface area contributed by atoms with E-state index < -0.39 is 5.97 Å². The highest BCUT2D eigenvalue weighted by molar-refractivity contribution is 5.69. The molecule has 0 bridgehead atoms. The van der Waals surface area contributed by atoms with E-state index >= 15 is 0 Å². The first-order chi connectivity index (χ1) is 21.5. The Labute approximate surface area is 259 Å². The van der Waals surface area contributed by atoms with Crippen molar-refractivity contribution in [1.82, 2.24) is 25.1 Å². The molecule has 5 rings (SSSR count). The molecule has 2 aromatic carbocycles. The molecule has 3 aromatic rings. The fourth-order valence-electron chi connectivity index (χ4n) is 5.68. The molecular weight excluding hydrogens is 560 g/mol. The maximum atomic E-state index is 11.1. The highest BCUT2D eigenvalue weighted by atomic mass is 16.5. The number of ether oxygens (including phenoxy) is 2. The number of rotatable bonds is 14. The molecule has 44 heavy (non-hydrogen) atoms. The van der Waals surface area contributed by atoms with Gasteiger partial charge in [-0.15, -0.1) is 0 Å². The van der Waals surface area contributed by atoms with Crippen LogP contribution >= 0.6 is 0 Å². The first-order valence-electron chi connectivity index (χ1n) is 15.3. The third-order valence-corrected chi connectivity index (χ3v) is 8.01. The summed E-state index contributed by atoms with van der Waals surface area (Å²) < 4.78 is 11.2. The second-order valence-electron chi connectivity index (χ2n) is 11.1. The molecule has 0 aliphatic carbocycles. The first kappa shape index (κ1) is 31.6. The minimum absolute atomic E-state index is 0.0921. The third kappa shape index (κ3) is 8.64. The number of morpholine rings is 1. The second-order valence-corrected chi connectivity index (χ2v) is 11.1. The highest BCUT2D eigenvalue weighted by Crippen LogP contribution is 2.30. The van der Waals surface area contributed by atoms with Gasteiger partial charge in [-0.05, 0) is 67.5 Å². The van der Waals surface area contributed by atoms with E-state index in [1.54, 1.807) is 13.3 Å². The number of carboxylic acids is 1. The summed E-state index contributed by atoms with van der Waals surface area (Å²) in [6.45, 7) is 9.32. The first-order valence-corrected chi connectivity index (χ1v) is 15.3. The summed E-state index contributed by atoms with van der Waals surface area (Å²) in [6, 6.07) is 14.4. The Hall–Kier alpha value is -3.81. The molecule has 1 aromatic heterocycles. The predicted octanol–water partition coefficient (Wildman–Crippen LogP) is 2.37. The topological polar surface area (TPSA) is 141 Å². The summed E-state index contributed by atoms with van der Waals surface area (Å²) in [7, 11) is 1.68. The van der Waals surface area contributed by atoms with E-state index in [0.717, 1.165) is 87.0 Å². The molecule has 2 aliphatic rings. The molecule has 0 atom stereocenters. The number of nitrogens with zero attached hydrogens (tertiary/aromatic N) is 5. The van der Waals surface area contributed by atoms with Crippen LogP contribution in [0.3, 0.4) is 0 Å². The molecule has 236 valence electrons. The van der Waals surface area contributed by atoms with E-state index in [2.05, 4.69) is 49.7 Å². The van der Waals surface area contributed by atoms with Crippen LogP contribution in [0.4, 0.5) is 17.3 Å². The van der Waals surface area contributed by atoms with Crippen molar-refractivity contribution >= 4 is 23.3 Å². The van der Waals surface area contributed by atoms with E-state index in [-0.39, 0.29) is 6.54 Å². The van der Waals surface area contributed by atoms with Crippen LogP contribution in [0.2, 0.25) is 0 Å². The van der Waals surface area contributed by atoms with E-state index in [9.17, 15) is 4.79 Å². The lowest BCUT2D eigenvalue weighted by atomic mass is 10.1. The average Bonchev–Trinajstić information content (AvgIpc) is 3.04. The van der Waals surface area contributed by atoms with Gasteiger partial charge in [0, 0.05) is 81.1 Å². The Morgan fingerprint density at radius 2 is 1.82 bits per heavy atom. The normalized spacial score (nSPS) is 16.2. The molecule has 2 aliphatic heterocycles. The van der Waals surface area contributed by atoms with Crippen LogP contribution in [-0.4, -0.2) is 110 Å². The van der Waals surface area contributed by atoms with Gasteiger partial charge < -0.3 is 35.8 Å². The van der Waals surface area contributed by atoms with Crippen LogP contribution in [0.25, 0.3) is 11.3 Å². The van der Waals surface area contributed by atoms with E-state index in [0.29, 0.717) is 32.3 Å². The number of hydrogen-bond acceptors (Lipinski definition) is 11. The van der Waals surface area contributed by atoms with Crippen LogP contribution in [-0.2, 0) is 22.6 Å². The number of methoxy groups -OCH3 is 1. The van der Waals surface area contributed by atoms with Crippen molar-refractivity contribution in [3.63, 3.8) is 0 Å². The molecule has 0 spiro atoms. The number of nitrogens with one attached hydrogen (secondary N) is 2. The van der Waals surface area contributed by atoms with Gasteiger partial charge in [0.05, 0.1) is 32.6 Å². The molecule has 0 saturated carbocycles. The summed E-state index contributed by atoms with van der Waals surface area (Å²) in [5.41, 5.74) is 11.8. The van der Waals surface area contributed by atoms with Gasteiger partial charge in [0.2, 0.25) is 5.95 Å². The van der Waals surface area contributed by atoms with Gasteiger partial charge in [-0.2, -0.15) is 0 Å². The lowest BCUT2D eigenvalue weighted by Gasteiger charge is -2.36. The van der Waals surface area contributed by atoms with Gasteiger partial charge in [0.1, 0.15) is 5.75 Å². The minimum Gasteiger partial charge on any atom is -0.496 e. The quantitative estimate of drug-likeness (QED) is 0.201. The van der Waals surface area contributed by atoms with Crippen molar-refractivity contribution in [2.45, 2.75) is 19.5 Å². The van der Waals surface area contributed by atoms with Crippen LogP contribution in [0.5, 0.6) is 5.75 Å². The molecule has 2 fully saturated rings. The van der Waals surface area contributed by atoms with Gasteiger partial charge >= 0.3 is 5.97 Å². The third-order valence-electron chi connectivity index (χ3n) is 8.01. The number of nitrogens with two attached hydrogens (primary N) is 1. The molecule has 0 radical (unpaired) electrons. The smallest absolute Gasteiger partial charge is 0.317 e. The Bertz CT molecular complexity index is 1380. The average molecular weight is 605 g/mol. The molecule has 3 heterocycles. The van der Waals surface area contributed by atoms with Crippen LogP contribution in [0.1, 0.15) is 17.5 Å². The number of aromatic nitrogens is 2. The van der Waals surface area contributed by atoms with E-state index in [4.69, 9.17) is 25.3 Å². The Morgan fingerprint density at radius 3 is 2.57 bits per heavy atom. The van der Waals surface area contributed by atoms with Crippen LogP contribution in [0.15, 0.2) is 48.7 Å². The van der Waals surface area contributed by atoms with Crippen molar-refractivity contribution in [3.05, 3.63) is 59.8 Å². The molecule has 12 nitrogen and oxygen atoms in total. The minimum atomic E-state index is -0.777. The number of anilines is 3. The zero-order valence-electron chi connectivity index (χ0n) is 25.5. The number of carboxylic acid groups (broad SMARTS) is 1. The number of aliphatic carboxylic acids is 1. The summed E-state index contributed by atoms with van der Waals surface area (Å²) in [5, 5.41) is 16.0. The zero-order valence-corrected chi connectivity index (χ0v) is 25.5. The molecule has 0 unspecified atom stereocenters. The van der Waals surface area contributed by atoms with E-state index in [1.165, 1.54) is 11.3 Å². The second kappa shape index (κ2) is 15.8. The molecule has 12 heteroatoms. The standard InChI is InChI=1S/C32H44N8O4/c1-43-30-6-3-24(19-25(30)21-34-9-2-8-33)28-7-10-35-32(37-28)36-27-4-5-29(40-15-17-44-18-16-40)26(20-27)22-38-11-13-39(14-12-38)23-31(41)42/h3-7,10,19-20,34H,2,8-9,11-18,21-23,33H2,1H3,(H,41,42)(H,35,36,37). The molecule has 0 amide bonds. The summed E-state index contributed by atoms with van der Waals surface area (Å²) in [5.74, 6) is 0.576. The number of piperazine rings is 1. The monoisotopic (exact) mass is 604 g/mol. The van der Waals surface area contributed by atoms with Crippen LogP contribution < -0.4 is 26.0 Å². The Balaban J connectivity index is 1.32. The number of benzene rings is 2. The predicted molar refractivity (Wildman–Crippen MR) is 172 cm³/mol. The largest absolute Gasteiger partial charge is 0.496 e. The van der Waals surface area contributed by atoms with Gasteiger partial charge in [-0.3, -0.25) is 14.6 Å². The van der Waals surface area contributed by atoms with Crippen molar-refractivity contribution < 1.29 is 19.4 Å². The van der Waals surface area contributed by atoms with Gasteiger partial charge in [0.25, 0.3) is 0 Å². The molecular formula is C32H44N8O4. The van der Waals surface area contributed by atoms with Gasteiger partial charge in [0.15, 0.2) is 0 Å². The maximum Gasteiger partial charge on any atom is 0.317 e. The van der Waals surface area contributed by atoms with Crippen molar-refractivity contribution in [2.24, 2.45) is 5.73 Å². The maximum absolute atomic E-state index is 11.1. The van der Waals surface area contributed by atoms with Gasteiger partial charge in [-0.25, -0.2) is 9.97 Å². The number of hydrogen-bond donors (Lipinski definition) is 4. The van der Waals surface area contributed by atoms with Crippen molar-refractivity contribution in [2.75, 3.05) is 89.4 Å².